The van der Waals surface area contributed by atoms with Crippen LogP contribution in [-0.2, 0) is 6.42 Å². The predicted octanol–water partition coefficient (Wildman–Crippen LogP) is 3.16. The Morgan fingerprint density at radius 2 is 2.25 bits per heavy atom. The minimum absolute atomic E-state index is 0.226. The van der Waals surface area contributed by atoms with Crippen LogP contribution in [0.5, 0.6) is 5.75 Å². The van der Waals surface area contributed by atoms with Crippen LogP contribution >= 0.6 is 15.9 Å². The minimum atomic E-state index is -0.226. The molecule has 2 rings (SSSR count). The van der Waals surface area contributed by atoms with E-state index < -0.39 is 0 Å². The second-order valence-corrected chi connectivity index (χ2v) is 5.35. The van der Waals surface area contributed by atoms with Crippen molar-refractivity contribution in [1.82, 2.24) is 0 Å². The first kappa shape index (κ1) is 11.9. The zero-order chi connectivity index (χ0) is 11.5. The molecule has 1 aromatic carbocycles. The van der Waals surface area contributed by atoms with Crippen molar-refractivity contribution in [3.8, 4) is 5.75 Å². The summed E-state index contributed by atoms with van der Waals surface area (Å²) in [5.74, 6) is 1.61. The average molecular weight is 285 g/mol. The molecule has 1 atom stereocenters. The molecule has 0 radical (unpaired) electrons. The second kappa shape index (κ2) is 5.19. The summed E-state index contributed by atoms with van der Waals surface area (Å²) in [6.45, 7) is 0. The van der Waals surface area contributed by atoms with Gasteiger partial charge in [0.25, 0.3) is 0 Å². The first-order chi connectivity index (χ1) is 7.69. The first-order valence-electron chi connectivity index (χ1n) is 5.69. The van der Waals surface area contributed by atoms with Gasteiger partial charge in [0.05, 0.1) is 13.2 Å². The van der Waals surface area contributed by atoms with Crippen molar-refractivity contribution in [3.63, 3.8) is 0 Å². The molecule has 2 nitrogen and oxygen atoms in total. The van der Waals surface area contributed by atoms with Crippen molar-refractivity contribution < 1.29 is 9.84 Å². The van der Waals surface area contributed by atoms with Gasteiger partial charge >= 0.3 is 0 Å². The molecule has 1 unspecified atom stereocenters. The largest absolute Gasteiger partial charge is 0.497 e. The van der Waals surface area contributed by atoms with Crippen LogP contribution in [0, 0.1) is 5.92 Å². The number of aliphatic hydroxyl groups excluding tert-OH is 1. The highest BCUT2D eigenvalue weighted by Crippen LogP contribution is 2.34. The van der Waals surface area contributed by atoms with Crippen LogP contribution in [0.4, 0.5) is 0 Å². The fraction of sp³-hybridized carbons (Fsp3) is 0.538. The van der Waals surface area contributed by atoms with E-state index in [2.05, 4.69) is 15.9 Å². The number of rotatable bonds is 5. The Kier molecular flexibility index (Phi) is 3.87. The molecule has 0 spiro atoms. The van der Waals surface area contributed by atoms with E-state index in [0.717, 1.165) is 28.1 Å². The van der Waals surface area contributed by atoms with E-state index in [4.69, 9.17) is 4.74 Å². The fourth-order valence-corrected chi connectivity index (χ4v) is 2.32. The maximum Gasteiger partial charge on any atom is 0.119 e. The Morgan fingerprint density at radius 1 is 1.50 bits per heavy atom. The van der Waals surface area contributed by atoms with Gasteiger partial charge in [-0.3, -0.25) is 0 Å². The Morgan fingerprint density at radius 3 is 2.88 bits per heavy atom. The monoisotopic (exact) mass is 284 g/mol. The van der Waals surface area contributed by atoms with Gasteiger partial charge in [0.15, 0.2) is 0 Å². The molecule has 0 heterocycles. The summed E-state index contributed by atoms with van der Waals surface area (Å²) < 4.78 is 6.23. The number of hydrogen-bond donors (Lipinski definition) is 1. The topological polar surface area (TPSA) is 29.5 Å². The number of aliphatic hydroxyl groups is 1. The molecular weight excluding hydrogens is 268 g/mol. The van der Waals surface area contributed by atoms with E-state index in [1.807, 2.05) is 18.2 Å². The lowest BCUT2D eigenvalue weighted by Gasteiger charge is -2.12. The van der Waals surface area contributed by atoms with Gasteiger partial charge in [0, 0.05) is 4.47 Å². The van der Waals surface area contributed by atoms with Crippen LogP contribution in [0.1, 0.15) is 24.8 Å². The van der Waals surface area contributed by atoms with Crippen molar-refractivity contribution in [2.24, 2.45) is 5.92 Å². The fourth-order valence-electron chi connectivity index (χ4n) is 1.91. The normalized spacial score (nSPS) is 17.2. The summed E-state index contributed by atoms with van der Waals surface area (Å²) in [5, 5.41) is 9.94. The number of methoxy groups -OCH3 is 1. The molecule has 0 aliphatic heterocycles. The molecule has 88 valence electrons. The molecule has 1 fully saturated rings. The highest BCUT2D eigenvalue weighted by atomic mass is 79.9. The summed E-state index contributed by atoms with van der Waals surface area (Å²) >= 11 is 3.50. The number of ether oxygens (including phenoxy) is 1. The Hall–Kier alpha value is -0.540. The SMILES string of the molecule is COc1ccc(Br)c(CC(O)CC2CC2)c1. The van der Waals surface area contributed by atoms with Crippen LogP contribution in [-0.4, -0.2) is 18.3 Å². The van der Waals surface area contributed by atoms with Crippen LogP contribution in [0.25, 0.3) is 0 Å². The number of benzene rings is 1. The van der Waals surface area contributed by atoms with Gasteiger partial charge in [-0.05, 0) is 42.5 Å². The van der Waals surface area contributed by atoms with E-state index >= 15 is 0 Å². The van der Waals surface area contributed by atoms with E-state index in [1.165, 1.54) is 12.8 Å². The first-order valence-corrected chi connectivity index (χ1v) is 6.49. The smallest absolute Gasteiger partial charge is 0.119 e. The van der Waals surface area contributed by atoms with E-state index in [1.54, 1.807) is 7.11 Å². The van der Waals surface area contributed by atoms with Crippen molar-refractivity contribution in [2.45, 2.75) is 31.8 Å². The van der Waals surface area contributed by atoms with Crippen LogP contribution in [0.15, 0.2) is 22.7 Å². The highest BCUT2D eigenvalue weighted by molar-refractivity contribution is 9.10. The van der Waals surface area contributed by atoms with Crippen LogP contribution in [0.2, 0.25) is 0 Å². The van der Waals surface area contributed by atoms with Gasteiger partial charge in [0.2, 0.25) is 0 Å². The summed E-state index contributed by atoms with van der Waals surface area (Å²) in [7, 11) is 1.66. The predicted molar refractivity (Wildman–Crippen MR) is 67.7 cm³/mol. The zero-order valence-electron chi connectivity index (χ0n) is 9.45. The standard InChI is InChI=1S/C13H17BrO2/c1-16-12-4-5-13(14)10(8-12)7-11(15)6-9-2-3-9/h4-5,8-9,11,15H,2-3,6-7H2,1H3. The van der Waals surface area contributed by atoms with Gasteiger partial charge in [-0.1, -0.05) is 28.8 Å². The molecule has 3 heteroatoms. The molecule has 0 saturated heterocycles. The molecule has 1 N–H and O–H groups in total. The molecule has 0 bridgehead atoms. The summed E-state index contributed by atoms with van der Waals surface area (Å²) in [4.78, 5) is 0. The summed E-state index contributed by atoms with van der Waals surface area (Å²) in [5.41, 5.74) is 1.12. The second-order valence-electron chi connectivity index (χ2n) is 4.49. The van der Waals surface area contributed by atoms with Crippen LogP contribution < -0.4 is 4.74 Å². The Balaban J connectivity index is 2.00. The van der Waals surface area contributed by atoms with Gasteiger partial charge in [-0.15, -0.1) is 0 Å². The maximum atomic E-state index is 9.94. The summed E-state index contributed by atoms with van der Waals surface area (Å²) in [6.07, 6.45) is 3.99. The number of halogens is 1. The van der Waals surface area contributed by atoms with E-state index in [0.29, 0.717) is 6.42 Å². The van der Waals surface area contributed by atoms with E-state index in [-0.39, 0.29) is 6.10 Å². The highest BCUT2D eigenvalue weighted by Gasteiger charge is 2.24. The van der Waals surface area contributed by atoms with Crippen molar-refractivity contribution in [3.05, 3.63) is 28.2 Å². The van der Waals surface area contributed by atoms with Gasteiger partial charge in [-0.2, -0.15) is 0 Å². The molecule has 1 aliphatic rings. The number of hydrogen-bond acceptors (Lipinski definition) is 2. The lowest BCUT2D eigenvalue weighted by atomic mass is 10.0. The van der Waals surface area contributed by atoms with Crippen LogP contribution in [0.3, 0.4) is 0 Å². The molecule has 1 aromatic rings. The molecule has 16 heavy (non-hydrogen) atoms. The third-order valence-electron chi connectivity index (χ3n) is 3.01. The third-order valence-corrected chi connectivity index (χ3v) is 3.78. The van der Waals surface area contributed by atoms with Crippen molar-refractivity contribution >= 4 is 15.9 Å². The van der Waals surface area contributed by atoms with Gasteiger partial charge < -0.3 is 9.84 Å². The minimum Gasteiger partial charge on any atom is -0.497 e. The molecule has 0 aromatic heterocycles. The van der Waals surface area contributed by atoms with Gasteiger partial charge in [-0.25, -0.2) is 0 Å². The molecular formula is C13H17BrO2. The average Bonchev–Trinajstić information content (AvgIpc) is 3.05. The molecule has 1 saturated carbocycles. The quantitative estimate of drug-likeness (QED) is 0.900. The van der Waals surface area contributed by atoms with E-state index in [9.17, 15) is 5.11 Å². The lowest BCUT2D eigenvalue weighted by molar-refractivity contribution is 0.158. The maximum absolute atomic E-state index is 9.94. The Bertz CT molecular complexity index is 361. The Labute approximate surface area is 105 Å². The lowest BCUT2D eigenvalue weighted by Crippen LogP contribution is -2.11. The molecule has 0 amide bonds. The third kappa shape index (κ3) is 3.22. The zero-order valence-corrected chi connectivity index (χ0v) is 11.0. The summed E-state index contributed by atoms with van der Waals surface area (Å²) in [6, 6.07) is 5.87. The van der Waals surface area contributed by atoms with Crippen molar-refractivity contribution in [1.29, 1.82) is 0 Å². The van der Waals surface area contributed by atoms with Crippen molar-refractivity contribution in [2.75, 3.05) is 7.11 Å². The molecule has 1 aliphatic carbocycles. The van der Waals surface area contributed by atoms with Gasteiger partial charge in [0.1, 0.15) is 5.75 Å².